The highest BCUT2D eigenvalue weighted by Gasteiger charge is 2.15. The number of rotatable bonds is 7. The highest BCUT2D eigenvalue weighted by molar-refractivity contribution is 9.10. The van der Waals surface area contributed by atoms with Crippen LogP contribution in [-0.2, 0) is 13.2 Å². The fourth-order valence-electron chi connectivity index (χ4n) is 2.66. The summed E-state index contributed by atoms with van der Waals surface area (Å²) in [5.74, 6) is 1.43. The van der Waals surface area contributed by atoms with E-state index in [9.17, 15) is 0 Å². The Labute approximate surface area is 173 Å². The van der Waals surface area contributed by atoms with Crippen LogP contribution in [0.5, 0.6) is 11.5 Å². The molecule has 0 bridgehead atoms. The molecule has 0 unspecified atom stereocenters. The first kappa shape index (κ1) is 19.6. The molecule has 0 fully saturated rings. The van der Waals surface area contributed by atoms with Crippen molar-refractivity contribution in [3.05, 3.63) is 86.8 Å². The average Bonchev–Trinajstić information content (AvgIpc) is 2.68. The van der Waals surface area contributed by atoms with Gasteiger partial charge in [0.1, 0.15) is 6.61 Å². The van der Waals surface area contributed by atoms with Crippen LogP contribution in [0.4, 0.5) is 5.69 Å². The molecule has 1 N–H and O–H groups in total. The summed E-state index contributed by atoms with van der Waals surface area (Å²) in [6.45, 7) is 3.11. The molecule has 0 amide bonds. The molecule has 5 heteroatoms. The van der Waals surface area contributed by atoms with E-state index in [-0.39, 0.29) is 0 Å². The molecule has 0 aliphatic carbocycles. The zero-order chi connectivity index (χ0) is 19.2. The van der Waals surface area contributed by atoms with Crippen molar-refractivity contribution in [2.45, 2.75) is 20.1 Å². The summed E-state index contributed by atoms with van der Waals surface area (Å²) in [6.07, 6.45) is 0. The Balaban J connectivity index is 1.81. The monoisotopic (exact) mass is 445 g/mol. The zero-order valence-corrected chi connectivity index (χ0v) is 17.6. The van der Waals surface area contributed by atoms with Gasteiger partial charge < -0.3 is 14.8 Å². The van der Waals surface area contributed by atoms with Crippen LogP contribution in [0, 0.1) is 6.92 Å². The Hall–Kier alpha value is -2.17. The molecule has 0 atom stereocenters. The Kier molecular flexibility index (Phi) is 6.64. The van der Waals surface area contributed by atoms with Gasteiger partial charge in [0.25, 0.3) is 0 Å². The molecule has 0 aromatic heterocycles. The smallest absolute Gasteiger partial charge is 0.167 e. The summed E-state index contributed by atoms with van der Waals surface area (Å²) in [6, 6.07) is 19.8. The van der Waals surface area contributed by atoms with Crippen LogP contribution in [0.2, 0.25) is 5.02 Å². The number of aryl methyl sites for hydroxylation is 1. The van der Waals surface area contributed by atoms with E-state index in [1.54, 1.807) is 7.11 Å². The number of halogens is 2. The maximum Gasteiger partial charge on any atom is 0.167 e. The van der Waals surface area contributed by atoms with Crippen molar-refractivity contribution in [1.29, 1.82) is 0 Å². The van der Waals surface area contributed by atoms with Crippen LogP contribution >= 0.6 is 27.5 Å². The van der Waals surface area contributed by atoms with E-state index in [1.807, 2.05) is 36.4 Å². The lowest BCUT2D eigenvalue weighted by atomic mass is 10.1. The van der Waals surface area contributed by atoms with Crippen molar-refractivity contribution < 1.29 is 9.47 Å². The van der Waals surface area contributed by atoms with E-state index >= 15 is 0 Å². The lowest BCUT2D eigenvalue weighted by molar-refractivity contribution is 0.281. The third-order valence-corrected chi connectivity index (χ3v) is 5.20. The summed E-state index contributed by atoms with van der Waals surface area (Å²) in [4.78, 5) is 0. The van der Waals surface area contributed by atoms with Crippen LogP contribution < -0.4 is 14.8 Å². The van der Waals surface area contributed by atoms with Gasteiger partial charge in [0, 0.05) is 27.3 Å². The number of hydrogen-bond acceptors (Lipinski definition) is 3. The number of nitrogens with one attached hydrogen (secondary N) is 1. The molecule has 3 rings (SSSR count). The molecule has 0 radical (unpaired) electrons. The number of methoxy groups -OCH3 is 1. The summed E-state index contributed by atoms with van der Waals surface area (Å²) in [7, 11) is 1.65. The summed E-state index contributed by atoms with van der Waals surface area (Å²) >= 11 is 9.59. The first-order chi connectivity index (χ1) is 13.1. The van der Waals surface area contributed by atoms with Crippen LogP contribution in [0.15, 0.2) is 65.1 Å². The first-order valence-electron chi connectivity index (χ1n) is 8.60. The van der Waals surface area contributed by atoms with Gasteiger partial charge in [-0.15, -0.1) is 0 Å². The van der Waals surface area contributed by atoms with Gasteiger partial charge in [-0.25, -0.2) is 0 Å². The normalized spacial score (nSPS) is 10.5. The minimum atomic E-state index is 0.432. The van der Waals surface area contributed by atoms with Crippen molar-refractivity contribution >= 4 is 33.2 Å². The molecule has 3 aromatic rings. The minimum absolute atomic E-state index is 0.432. The van der Waals surface area contributed by atoms with Crippen molar-refractivity contribution in [3.63, 3.8) is 0 Å². The second kappa shape index (κ2) is 9.16. The maximum atomic E-state index is 6.14. The first-order valence-corrected chi connectivity index (χ1v) is 9.77. The highest BCUT2D eigenvalue weighted by atomic mass is 79.9. The van der Waals surface area contributed by atoms with E-state index in [2.05, 4.69) is 52.4 Å². The number of benzene rings is 3. The standard InChI is InChI=1S/C22H21BrClNO2/c1-15-3-9-18(10-4-15)25-13-19-20(23)11-12-21(26-2)22(19)27-14-16-5-7-17(24)8-6-16/h3-12,25H,13-14H2,1-2H3. The van der Waals surface area contributed by atoms with Crippen LogP contribution in [-0.4, -0.2) is 7.11 Å². The van der Waals surface area contributed by atoms with E-state index in [0.29, 0.717) is 23.9 Å². The Bertz CT molecular complexity index is 895. The number of ether oxygens (including phenoxy) is 2. The third kappa shape index (κ3) is 5.18. The maximum absolute atomic E-state index is 6.14. The second-order valence-electron chi connectivity index (χ2n) is 6.19. The molecule has 0 saturated heterocycles. The van der Waals surface area contributed by atoms with Crippen molar-refractivity contribution in [3.8, 4) is 11.5 Å². The van der Waals surface area contributed by atoms with E-state index in [1.165, 1.54) is 5.56 Å². The molecule has 0 saturated carbocycles. The predicted molar refractivity (Wildman–Crippen MR) is 115 cm³/mol. The molecule has 0 aliphatic heterocycles. The van der Waals surface area contributed by atoms with E-state index in [0.717, 1.165) is 27.0 Å². The van der Waals surface area contributed by atoms with Crippen LogP contribution in [0.3, 0.4) is 0 Å². The Morgan fingerprint density at radius 1 is 0.963 bits per heavy atom. The predicted octanol–water partition coefficient (Wildman–Crippen LogP) is 6.61. The molecule has 0 spiro atoms. The average molecular weight is 447 g/mol. The van der Waals surface area contributed by atoms with Gasteiger partial charge in [-0.05, 0) is 48.9 Å². The summed E-state index contributed by atoms with van der Waals surface area (Å²) in [5.41, 5.74) is 4.33. The molecule has 0 aliphatic rings. The van der Waals surface area contributed by atoms with Crippen LogP contribution in [0.25, 0.3) is 0 Å². The molecule has 140 valence electrons. The van der Waals surface area contributed by atoms with Gasteiger partial charge in [0.05, 0.1) is 7.11 Å². The number of hydrogen-bond donors (Lipinski definition) is 1. The topological polar surface area (TPSA) is 30.5 Å². The van der Waals surface area contributed by atoms with E-state index in [4.69, 9.17) is 21.1 Å². The Morgan fingerprint density at radius 2 is 1.67 bits per heavy atom. The molecule has 0 heterocycles. The van der Waals surface area contributed by atoms with E-state index < -0.39 is 0 Å². The summed E-state index contributed by atoms with van der Waals surface area (Å²) < 4.78 is 12.6. The SMILES string of the molecule is COc1ccc(Br)c(CNc2ccc(C)cc2)c1OCc1ccc(Cl)cc1. The van der Waals surface area contributed by atoms with Gasteiger partial charge >= 0.3 is 0 Å². The quantitative estimate of drug-likeness (QED) is 0.443. The van der Waals surface area contributed by atoms with Crippen molar-refractivity contribution in [2.24, 2.45) is 0 Å². The highest BCUT2D eigenvalue weighted by Crippen LogP contribution is 2.37. The minimum Gasteiger partial charge on any atom is -0.493 e. The van der Waals surface area contributed by atoms with Crippen molar-refractivity contribution in [2.75, 3.05) is 12.4 Å². The zero-order valence-electron chi connectivity index (χ0n) is 15.3. The molecular weight excluding hydrogens is 426 g/mol. The summed E-state index contributed by atoms with van der Waals surface area (Å²) in [5, 5.41) is 4.15. The lowest BCUT2D eigenvalue weighted by Crippen LogP contribution is -2.06. The fraction of sp³-hybridized carbons (Fsp3) is 0.182. The van der Waals surface area contributed by atoms with Gasteiger partial charge in [0.15, 0.2) is 11.5 Å². The van der Waals surface area contributed by atoms with Gasteiger partial charge in [0.2, 0.25) is 0 Å². The van der Waals surface area contributed by atoms with Gasteiger partial charge in [-0.2, -0.15) is 0 Å². The van der Waals surface area contributed by atoms with Gasteiger partial charge in [-0.3, -0.25) is 0 Å². The molecular formula is C22H21BrClNO2. The van der Waals surface area contributed by atoms with Crippen molar-refractivity contribution in [1.82, 2.24) is 0 Å². The largest absolute Gasteiger partial charge is 0.493 e. The molecule has 3 aromatic carbocycles. The molecule has 3 nitrogen and oxygen atoms in total. The Morgan fingerprint density at radius 3 is 2.33 bits per heavy atom. The van der Waals surface area contributed by atoms with Crippen LogP contribution in [0.1, 0.15) is 16.7 Å². The lowest BCUT2D eigenvalue weighted by Gasteiger charge is -2.18. The fourth-order valence-corrected chi connectivity index (χ4v) is 3.24. The third-order valence-electron chi connectivity index (χ3n) is 4.20. The second-order valence-corrected chi connectivity index (χ2v) is 7.48. The molecule has 27 heavy (non-hydrogen) atoms. The number of anilines is 1. The van der Waals surface area contributed by atoms with Gasteiger partial charge in [-0.1, -0.05) is 57.4 Å².